The first-order valence-corrected chi connectivity index (χ1v) is 6.93. The van der Waals surface area contributed by atoms with Gasteiger partial charge in [-0.1, -0.05) is 19.1 Å². The maximum atomic E-state index is 13.7. The summed E-state index contributed by atoms with van der Waals surface area (Å²) in [5.41, 5.74) is 0.647. The number of carbonyl (C=O) groups is 2. The monoisotopic (exact) mass is 320 g/mol. The number of urea groups is 1. The fourth-order valence-electron chi connectivity index (χ4n) is 1.95. The maximum absolute atomic E-state index is 13.7. The number of carboxylic acids is 1. The van der Waals surface area contributed by atoms with Gasteiger partial charge in [0.2, 0.25) is 0 Å². The van der Waals surface area contributed by atoms with Crippen LogP contribution >= 0.6 is 0 Å². The highest BCUT2D eigenvalue weighted by molar-refractivity contribution is 5.89. The van der Waals surface area contributed by atoms with Crippen LogP contribution in [0.4, 0.5) is 14.9 Å². The molecule has 0 saturated carbocycles. The standard InChI is InChI=1S/C15H17FN4O3/c1-10(14(21)22)8-19(2)15(23)18-11-7-17-20(9-11)13-6-4-3-5-12(13)16/h3-7,9-10H,8H2,1-2H3,(H,18,23)(H,21,22). The molecule has 0 bridgehead atoms. The van der Waals surface area contributed by atoms with Crippen LogP contribution in [0.5, 0.6) is 0 Å². The van der Waals surface area contributed by atoms with Crippen LogP contribution in [0.25, 0.3) is 5.69 Å². The number of hydrogen-bond acceptors (Lipinski definition) is 3. The van der Waals surface area contributed by atoms with Crippen LogP contribution in [-0.4, -0.2) is 45.4 Å². The number of carbonyl (C=O) groups excluding carboxylic acids is 1. The van der Waals surface area contributed by atoms with Crippen molar-refractivity contribution in [1.82, 2.24) is 14.7 Å². The zero-order chi connectivity index (χ0) is 17.0. The minimum absolute atomic E-state index is 0.0720. The molecule has 1 aromatic heterocycles. The van der Waals surface area contributed by atoms with Crippen LogP contribution < -0.4 is 5.32 Å². The Bertz CT molecular complexity index is 716. The molecule has 2 aromatic rings. The Hall–Kier alpha value is -2.90. The largest absolute Gasteiger partial charge is 0.481 e. The van der Waals surface area contributed by atoms with Gasteiger partial charge in [0, 0.05) is 13.6 Å². The van der Waals surface area contributed by atoms with Crippen molar-refractivity contribution in [2.75, 3.05) is 18.9 Å². The maximum Gasteiger partial charge on any atom is 0.321 e. The van der Waals surface area contributed by atoms with Crippen molar-refractivity contribution in [3.05, 3.63) is 42.5 Å². The minimum Gasteiger partial charge on any atom is -0.481 e. The van der Waals surface area contributed by atoms with Gasteiger partial charge in [0.05, 0.1) is 24.0 Å². The summed E-state index contributed by atoms with van der Waals surface area (Å²) < 4.78 is 15.0. The lowest BCUT2D eigenvalue weighted by Gasteiger charge is -2.19. The number of nitrogens with zero attached hydrogens (tertiary/aromatic N) is 3. The molecule has 8 heteroatoms. The third kappa shape index (κ3) is 4.06. The number of aliphatic carboxylic acids is 1. The summed E-state index contributed by atoms with van der Waals surface area (Å²) >= 11 is 0. The highest BCUT2D eigenvalue weighted by Gasteiger charge is 2.18. The van der Waals surface area contributed by atoms with Crippen molar-refractivity contribution in [3.8, 4) is 5.69 Å². The van der Waals surface area contributed by atoms with E-state index in [1.165, 1.54) is 42.0 Å². The van der Waals surface area contributed by atoms with E-state index in [2.05, 4.69) is 10.4 Å². The van der Waals surface area contributed by atoms with Crippen molar-refractivity contribution >= 4 is 17.7 Å². The first-order valence-electron chi connectivity index (χ1n) is 6.93. The van der Waals surface area contributed by atoms with Crippen molar-refractivity contribution in [2.24, 2.45) is 5.92 Å². The predicted molar refractivity (Wildman–Crippen MR) is 82.0 cm³/mol. The predicted octanol–water partition coefficient (Wildman–Crippen LogP) is 2.20. The number of hydrogen-bond donors (Lipinski definition) is 2. The van der Waals surface area contributed by atoms with Crippen LogP contribution in [0.3, 0.4) is 0 Å². The van der Waals surface area contributed by atoms with Gasteiger partial charge in [-0.2, -0.15) is 5.10 Å². The molecule has 1 heterocycles. The summed E-state index contributed by atoms with van der Waals surface area (Å²) in [6.45, 7) is 1.59. The molecule has 2 N–H and O–H groups in total. The van der Waals surface area contributed by atoms with Gasteiger partial charge < -0.3 is 15.3 Å². The molecule has 2 rings (SSSR count). The molecule has 122 valence electrons. The third-order valence-electron chi connectivity index (χ3n) is 3.25. The number of benzene rings is 1. The van der Waals surface area contributed by atoms with E-state index in [9.17, 15) is 14.0 Å². The van der Waals surface area contributed by atoms with E-state index in [4.69, 9.17) is 5.11 Å². The highest BCUT2D eigenvalue weighted by Crippen LogP contribution is 2.15. The number of nitrogens with one attached hydrogen (secondary N) is 1. The number of aromatic nitrogens is 2. The summed E-state index contributed by atoms with van der Waals surface area (Å²) in [5, 5.41) is 15.4. The molecular formula is C15H17FN4O3. The Balaban J connectivity index is 2.03. The topological polar surface area (TPSA) is 87.5 Å². The van der Waals surface area contributed by atoms with E-state index in [-0.39, 0.29) is 12.2 Å². The zero-order valence-electron chi connectivity index (χ0n) is 12.7. The molecule has 1 unspecified atom stereocenters. The molecule has 1 aromatic carbocycles. The molecule has 23 heavy (non-hydrogen) atoms. The number of amides is 2. The Kier molecular flexibility index (Phi) is 4.95. The first kappa shape index (κ1) is 16.5. The molecule has 0 aliphatic carbocycles. The van der Waals surface area contributed by atoms with Crippen LogP contribution in [0.1, 0.15) is 6.92 Å². The fraction of sp³-hybridized carbons (Fsp3) is 0.267. The second kappa shape index (κ2) is 6.91. The zero-order valence-corrected chi connectivity index (χ0v) is 12.7. The third-order valence-corrected chi connectivity index (χ3v) is 3.25. The van der Waals surface area contributed by atoms with Crippen molar-refractivity contribution in [1.29, 1.82) is 0 Å². The molecular weight excluding hydrogens is 303 g/mol. The molecule has 0 radical (unpaired) electrons. The van der Waals surface area contributed by atoms with E-state index >= 15 is 0 Å². The van der Waals surface area contributed by atoms with E-state index in [0.29, 0.717) is 5.69 Å². The highest BCUT2D eigenvalue weighted by atomic mass is 19.1. The molecule has 0 aliphatic rings. The Morgan fingerprint density at radius 1 is 1.43 bits per heavy atom. The van der Waals surface area contributed by atoms with Crippen LogP contribution in [-0.2, 0) is 4.79 Å². The van der Waals surface area contributed by atoms with Gasteiger partial charge in [0.25, 0.3) is 0 Å². The molecule has 0 fully saturated rings. The first-order chi connectivity index (χ1) is 10.9. The van der Waals surface area contributed by atoms with E-state index < -0.39 is 23.7 Å². The number of anilines is 1. The minimum atomic E-state index is -0.975. The van der Waals surface area contributed by atoms with Gasteiger partial charge in [-0.05, 0) is 12.1 Å². The molecule has 0 spiro atoms. The number of para-hydroxylation sites is 1. The SMILES string of the molecule is CC(CN(C)C(=O)Nc1cnn(-c2ccccc2F)c1)C(=O)O. The number of carboxylic acid groups (broad SMARTS) is 1. The lowest BCUT2D eigenvalue weighted by atomic mass is 10.2. The molecule has 1 atom stereocenters. The van der Waals surface area contributed by atoms with Gasteiger partial charge in [0.15, 0.2) is 0 Å². The molecule has 0 aliphatic heterocycles. The molecule has 2 amide bonds. The normalized spacial score (nSPS) is 11.8. The number of halogens is 1. The average molecular weight is 320 g/mol. The summed E-state index contributed by atoms with van der Waals surface area (Å²) in [6, 6.07) is 5.67. The van der Waals surface area contributed by atoms with Gasteiger partial charge >= 0.3 is 12.0 Å². The van der Waals surface area contributed by atoms with Crippen molar-refractivity contribution < 1.29 is 19.1 Å². The van der Waals surface area contributed by atoms with Crippen LogP contribution in [0.2, 0.25) is 0 Å². The number of rotatable bonds is 5. The van der Waals surface area contributed by atoms with E-state index in [0.717, 1.165) is 0 Å². The van der Waals surface area contributed by atoms with Crippen LogP contribution in [0, 0.1) is 11.7 Å². The lowest BCUT2D eigenvalue weighted by molar-refractivity contribution is -0.141. The average Bonchev–Trinajstić information content (AvgIpc) is 2.95. The second-order valence-corrected chi connectivity index (χ2v) is 5.17. The Labute approximate surface area is 132 Å². The Morgan fingerprint density at radius 2 is 2.13 bits per heavy atom. The summed E-state index contributed by atoms with van der Waals surface area (Å²) in [7, 11) is 1.50. The van der Waals surface area contributed by atoms with Gasteiger partial charge in [0.1, 0.15) is 11.5 Å². The fourth-order valence-corrected chi connectivity index (χ4v) is 1.95. The smallest absolute Gasteiger partial charge is 0.321 e. The second-order valence-electron chi connectivity index (χ2n) is 5.17. The quantitative estimate of drug-likeness (QED) is 0.884. The van der Waals surface area contributed by atoms with Gasteiger partial charge in [-0.3, -0.25) is 4.79 Å². The van der Waals surface area contributed by atoms with Crippen molar-refractivity contribution in [2.45, 2.75) is 6.92 Å². The summed E-state index contributed by atoms with van der Waals surface area (Å²) in [4.78, 5) is 24.1. The Morgan fingerprint density at radius 3 is 2.78 bits per heavy atom. The molecule has 7 nitrogen and oxygen atoms in total. The van der Waals surface area contributed by atoms with E-state index in [1.54, 1.807) is 18.2 Å². The lowest BCUT2D eigenvalue weighted by Crippen LogP contribution is -2.36. The van der Waals surface area contributed by atoms with Crippen LogP contribution in [0.15, 0.2) is 36.7 Å². The van der Waals surface area contributed by atoms with E-state index in [1.807, 2.05) is 0 Å². The summed E-state index contributed by atoms with van der Waals surface area (Å²) in [6.07, 6.45) is 2.86. The van der Waals surface area contributed by atoms with Crippen molar-refractivity contribution in [3.63, 3.8) is 0 Å². The van der Waals surface area contributed by atoms with Gasteiger partial charge in [-0.15, -0.1) is 0 Å². The van der Waals surface area contributed by atoms with Gasteiger partial charge in [-0.25, -0.2) is 13.9 Å². The molecule has 0 saturated heterocycles. The summed E-state index contributed by atoms with van der Waals surface area (Å²) in [5.74, 6) is -2.08.